The summed E-state index contributed by atoms with van der Waals surface area (Å²) >= 11 is 0. The van der Waals surface area contributed by atoms with Gasteiger partial charge in [0, 0.05) is 6.04 Å². The van der Waals surface area contributed by atoms with E-state index in [0.29, 0.717) is 5.41 Å². The van der Waals surface area contributed by atoms with E-state index in [0.717, 1.165) is 24.2 Å². The van der Waals surface area contributed by atoms with Crippen LogP contribution in [0.25, 0.3) is 0 Å². The molecule has 4 bridgehead atoms. The third-order valence-electron chi connectivity index (χ3n) is 5.92. The number of amides is 1. The molecule has 4 rings (SSSR count). The van der Waals surface area contributed by atoms with Crippen LogP contribution < -0.4 is 5.32 Å². The van der Waals surface area contributed by atoms with Gasteiger partial charge in [-0.1, -0.05) is 6.08 Å². The lowest BCUT2D eigenvalue weighted by Crippen LogP contribution is -2.57. The molecule has 0 unspecified atom stereocenters. The van der Waals surface area contributed by atoms with E-state index >= 15 is 0 Å². The number of carbonyl (C=O) groups is 1. The minimum absolute atomic E-state index is 0.188. The molecule has 0 aromatic heterocycles. The van der Waals surface area contributed by atoms with Gasteiger partial charge in [-0.2, -0.15) is 0 Å². The monoisotopic (exact) mass is 305 g/mol. The number of nitrogens with one attached hydrogen (secondary N) is 1. The zero-order chi connectivity index (χ0) is 16.0. The van der Waals surface area contributed by atoms with Gasteiger partial charge >= 0.3 is 6.09 Å². The summed E-state index contributed by atoms with van der Waals surface area (Å²) in [5.41, 5.74) is -0.149. The quantitative estimate of drug-likeness (QED) is 0.766. The molecule has 0 aliphatic heterocycles. The topological polar surface area (TPSA) is 38.3 Å². The van der Waals surface area contributed by atoms with Crippen LogP contribution in [0.4, 0.5) is 4.79 Å². The van der Waals surface area contributed by atoms with Gasteiger partial charge in [0.1, 0.15) is 5.60 Å². The van der Waals surface area contributed by atoms with Crippen molar-refractivity contribution < 1.29 is 9.53 Å². The molecule has 0 aromatic carbocycles. The van der Waals surface area contributed by atoms with Crippen LogP contribution in [0.15, 0.2) is 12.7 Å². The molecule has 0 aromatic rings. The Labute approximate surface area is 134 Å². The fourth-order valence-corrected chi connectivity index (χ4v) is 5.68. The van der Waals surface area contributed by atoms with Crippen LogP contribution in [0.1, 0.15) is 65.7 Å². The van der Waals surface area contributed by atoms with E-state index in [1.54, 1.807) is 0 Å². The molecule has 0 radical (unpaired) electrons. The molecule has 0 spiro atoms. The Kier molecular flexibility index (Phi) is 4.03. The maximum atomic E-state index is 12.3. The summed E-state index contributed by atoms with van der Waals surface area (Å²) in [4.78, 5) is 12.3. The van der Waals surface area contributed by atoms with Crippen molar-refractivity contribution in [3.63, 3.8) is 0 Å². The number of hydrogen-bond donors (Lipinski definition) is 1. The van der Waals surface area contributed by atoms with E-state index in [4.69, 9.17) is 4.74 Å². The number of ether oxygens (including phenoxy) is 1. The van der Waals surface area contributed by atoms with Crippen LogP contribution in [0.2, 0.25) is 0 Å². The second-order valence-electron chi connectivity index (χ2n) is 9.00. The summed E-state index contributed by atoms with van der Waals surface area (Å²) in [5, 5.41) is 3.20. The summed E-state index contributed by atoms with van der Waals surface area (Å²) in [5.74, 6) is 2.66. The van der Waals surface area contributed by atoms with E-state index in [1.165, 1.54) is 38.5 Å². The van der Waals surface area contributed by atoms with Gasteiger partial charge in [-0.05, 0) is 88.9 Å². The Morgan fingerprint density at radius 1 is 1.23 bits per heavy atom. The average molecular weight is 305 g/mol. The summed E-state index contributed by atoms with van der Waals surface area (Å²) in [6.45, 7) is 9.67. The fourth-order valence-electron chi connectivity index (χ4n) is 5.68. The molecule has 4 saturated carbocycles. The number of alkyl carbamates (subject to hydrolysis) is 1. The summed E-state index contributed by atoms with van der Waals surface area (Å²) in [6.07, 6.45) is 10.7. The molecule has 1 atom stereocenters. The normalized spacial score (nSPS) is 37.7. The van der Waals surface area contributed by atoms with Gasteiger partial charge in [0.2, 0.25) is 0 Å². The lowest BCUT2D eigenvalue weighted by Gasteiger charge is -2.59. The molecule has 4 fully saturated rings. The van der Waals surface area contributed by atoms with Crippen LogP contribution in [0.5, 0.6) is 0 Å². The average Bonchev–Trinajstić information content (AvgIpc) is 2.34. The number of hydrogen-bond acceptors (Lipinski definition) is 2. The van der Waals surface area contributed by atoms with Crippen molar-refractivity contribution in [3.05, 3.63) is 12.7 Å². The molecule has 4 aliphatic rings. The van der Waals surface area contributed by atoms with Gasteiger partial charge in [-0.15, -0.1) is 6.58 Å². The van der Waals surface area contributed by atoms with Gasteiger partial charge in [-0.25, -0.2) is 4.79 Å². The smallest absolute Gasteiger partial charge is 0.407 e. The van der Waals surface area contributed by atoms with Gasteiger partial charge in [0.25, 0.3) is 0 Å². The van der Waals surface area contributed by atoms with Crippen LogP contribution in [-0.4, -0.2) is 17.7 Å². The molecule has 3 nitrogen and oxygen atoms in total. The van der Waals surface area contributed by atoms with Gasteiger partial charge in [0.15, 0.2) is 0 Å². The van der Waals surface area contributed by atoms with Crippen molar-refractivity contribution in [1.82, 2.24) is 5.32 Å². The Hall–Kier alpha value is -0.990. The molecule has 3 heteroatoms. The third kappa shape index (κ3) is 3.18. The fraction of sp³-hybridized carbons (Fsp3) is 0.842. The van der Waals surface area contributed by atoms with Crippen molar-refractivity contribution in [2.24, 2.45) is 23.2 Å². The molecule has 0 saturated heterocycles. The predicted molar refractivity (Wildman–Crippen MR) is 88.6 cm³/mol. The maximum absolute atomic E-state index is 12.3. The van der Waals surface area contributed by atoms with Crippen molar-refractivity contribution in [2.45, 2.75) is 77.4 Å². The first-order valence-electron chi connectivity index (χ1n) is 8.90. The summed E-state index contributed by atoms with van der Waals surface area (Å²) in [7, 11) is 0. The van der Waals surface area contributed by atoms with Gasteiger partial charge < -0.3 is 10.1 Å². The first-order chi connectivity index (χ1) is 10.3. The second-order valence-corrected chi connectivity index (χ2v) is 9.00. The SMILES string of the molecule is C=CC[C@H](NC(=O)OC(C)(C)C)C12CC3CC(CC(C3)C1)C2. The lowest BCUT2D eigenvalue weighted by atomic mass is 9.47. The third-order valence-corrected chi connectivity index (χ3v) is 5.92. The highest BCUT2D eigenvalue weighted by atomic mass is 16.6. The van der Waals surface area contributed by atoms with Gasteiger partial charge in [-0.3, -0.25) is 0 Å². The number of rotatable bonds is 4. The maximum Gasteiger partial charge on any atom is 0.407 e. The van der Waals surface area contributed by atoms with Crippen LogP contribution in [-0.2, 0) is 4.74 Å². The van der Waals surface area contributed by atoms with E-state index in [-0.39, 0.29) is 12.1 Å². The molecular formula is C19H31NO2. The van der Waals surface area contributed by atoms with Crippen molar-refractivity contribution >= 4 is 6.09 Å². The molecule has 22 heavy (non-hydrogen) atoms. The minimum atomic E-state index is -0.440. The first kappa shape index (κ1) is 15.9. The number of carbonyl (C=O) groups excluding carboxylic acids is 1. The Morgan fingerprint density at radius 2 is 1.73 bits per heavy atom. The molecular weight excluding hydrogens is 274 g/mol. The van der Waals surface area contributed by atoms with E-state index in [1.807, 2.05) is 26.8 Å². The lowest BCUT2D eigenvalue weighted by molar-refractivity contribution is -0.0738. The van der Waals surface area contributed by atoms with Gasteiger partial charge in [0.05, 0.1) is 0 Å². The van der Waals surface area contributed by atoms with Crippen LogP contribution in [0, 0.1) is 23.2 Å². The highest BCUT2D eigenvalue weighted by Crippen LogP contribution is 2.61. The van der Waals surface area contributed by atoms with Crippen LogP contribution >= 0.6 is 0 Å². The molecule has 0 heterocycles. The first-order valence-corrected chi connectivity index (χ1v) is 8.90. The molecule has 124 valence electrons. The summed E-state index contributed by atoms with van der Waals surface area (Å²) < 4.78 is 5.49. The summed E-state index contributed by atoms with van der Waals surface area (Å²) in [6, 6.07) is 0.188. The van der Waals surface area contributed by atoms with Crippen LogP contribution in [0.3, 0.4) is 0 Å². The highest BCUT2D eigenvalue weighted by molar-refractivity contribution is 5.68. The Bertz CT molecular complexity index is 414. The zero-order valence-corrected chi connectivity index (χ0v) is 14.4. The molecule has 4 aliphatic carbocycles. The Balaban J connectivity index is 1.73. The Morgan fingerprint density at radius 3 is 2.14 bits per heavy atom. The minimum Gasteiger partial charge on any atom is -0.444 e. The van der Waals surface area contributed by atoms with E-state index in [9.17, 15) is 4.79 Å². The van der Waals surface area contributed by atoms with Crippen molar-refractivity contribution in [2.75, 3.05) is 0 Å². The largest absolute Gasteiger partial charge is 0.444 e. The molecule has 1 amide bonds. The van der Waals surface area contributed by atoms with Crippen molar-refractivity contribution in [3.8, 4) is 0 Å². The predicted octanol–water partition coefficient (Wildman–Crippen LogP) is 4.67. The standard InChI is InChI=1S/C19H31NO2/c1-5-6-16(20-17(21)22-18(2,3)4)19-10-13-7-14(11-19)9-15(8-13)12-19/h5,13-16H,1,6-12H2,2-4H3,(H,20,21)/t13?,14?,15?,16-,19?/m0/s1. The second kappa shape index (κ2) is 5.58. The zero-order valence-electron chi connectivity index (χ0n) is 14.4. The van der Waals surface area contributed by atoms with Crippen molar-refractivity contribution in [1.29, 1.82) is 0 Å². The highest BCUT2D eigenvalue weighted by Gasteiger charge is 2.54. The molecule has 1 N–H and O–H groups in total. The van der Waals surface area contributed by atoms with E-state index < -0.39 is 5.60 Å². The van der Waals surface area contributed by atoms with E-state index in [2.05, 4.69) is 11.9 Å².